The van der Waals surface area contributed by atoms with Gasteiger partial charge in [-0.1, -0.05) is 0 Å². The van der Waals surface area contributed by atoms with Gasteiger partial charge in [-0.2, -0.15) is 5.10 Å². The molecule has 120 valence electrons. The SMILES string of the molecule is Cc1nn(C)c2nc(-c3ccco3)cc(C(=O)Nc3nccs3)c12. The van der Waals surface area contributed by atoms with E-state index in [1.165, 1.54) is 11.3 Å². The maximum Gasteiger partial charge on any atom is 0.258 e. The fourth-order valence-corrected chi connectivity index (χ4v) is 3.15. The van der Waals surface area contributed by atoms with Crippen molar-refractivity contribution in [1.29, 1.82) is 0 Å². The van der Waals surface area contributed by atoms with Crippen LogP contribution in [0, 0.1) is 6.92 Å². The summed E-state index contributed by atoms with van der Waals surface area (Å²) in [5, 5.41) is 10.3. The zero-order valence-corrected chi connectivity index (χ0v) is 13.8. The van der Waals surface area contributed by atoms with Crippen molar-refractivity contribution in [3.63, 3.8) is 0 Å². The Kier molecular flexibility index (Phi) is 3.39. The summed E-state index contributed by atoms with van der Waals surface area (Å²) in [6.45, 7) is 1.86. The molecule has 7 nitrogen and oxygen atoms in total. The predicted molar refractivity (Wildman–Crippen MR) is 91.0 cm³/mol. The Morgan fingerprint density at radius 3 is 3.00 bits per heavy atom. The molecule has 0 aliphatic carbocycles. The second kappa shape index (κ2) is 5.57. The molecule has 0 unspecified atom stereocenters. The number of anilines is 1. The molecule has 24 heavy (non-hydrogen) atoms. The summed E-state index contributed by atoms with van der Waals surface area (Å²) in [7, 11) is 1.80. The molecular weight excluding hydrogens is 326 g/mol. The van der Waals surface area contributed by atoms with Gasteiger partial charge in [-0.25, -0.2) is 9.97 Å². The van der Waals surface area contributed by atoms with Gasteiger partial charge in [-0.05, 0) is 25.1 Å². The number of hydrogen-bond donors (Lipinski definition) is 1. The van der Waals surface area contributed by atoms with Gasteiger partial charge in [-0.3, -0.25) is 14.8 Å². The number of thiazole rings is 1. The molecule has 0 aromatic carbocycles. The number of pyridine rings is 1. The molecule has 4 heterocycles. The monoisotopic (exact) mass is 339 g/mol. The van der Waals surface area contributed by atoms with Gasteiger partial charge in [0.1, 0.15) is 5.69 Å². The Morgan fingerprint density at radius 2 is 2.29 bits per heavy atom. The molecule has 4 rings (SSSR count). The highest BCUT2D eigenvalue weighted by Crippen LogP contribution is 2.27. The predicted octanol–water partition coefficient (Wildman–Crippen LogP) is 3.25. The zero-order chi connectivity index (χ0) is 16.7. The van der Waals surface area contributed by atoms with Crippen LogP contribution in [0.1, 0.15) is 16.1 Å². The molecule has 0 spiro atoms. The van der Waals surface area contributed by atoms with Gasteiger partial charge in [0, 0.05) is 18.6 Å². The highest BCUT2D eigenvalue weighted by atomic mass is 32.1. The van der Waals surface area contributed by atoms with Gasteiger partial charge in [0.2, 0.25) is 0 Å². The first-order chi connectivity index (χ1) is 11.6. The van der Waals surface area contributed by atoms with E-state index in [1.807, 2.05) is 6.92 Å². The average molecular weight is 339 g/mol. The van der Waals surface area contributed by atoms with Crippen LogP contribution in [-0.2, 0) is 7.05 Å². The quantitative estimate of drug-likeness (QED) is 0.619. The number of amides is 1. The van der Waals surface area contributed by atoms with Crippen LogP contribution in [0.15, 0.2) is 40.5 Å². The first-order valence-corrected chi connectivity index (χ1v) is 8.10. The molecule has 0 atom stereocenters. The molecule has 0 saturated heterocycles. The third-order valence-electron chi connectivity index (χ3n) is 3.64. The van der Waals surface area contributed by atoms with Crippen molar-refractivity contribution >= 4 is 33.4 Å². The fourth-order valence-electron chi connectivity index (χ4n) is 2.62. The molecule has 0 aliphatic heterocycles. The zero-order valence-electron chi connectivity index (χ0n) is 13.0. The largest absolute Gasteiger partial charge is 0.463 e. The molecule has 4 aromatic heterocycles. The summed E-state index contributed by atoms with van der Waals surface area (Å²) in [6, 6.07) is 5.31. The van der Waals surface area contributed by atoms with E-state index < -0.39 is 0 Å². The first-order valence-electron chi connectivity index (χ1n) is 7.22. The molecule has 0 fully saturated rings. The van der Waals surface area contributed by atoms with Gasteiger partial charge in [0.05, 0.1) is 22.9 Å². The van der Waals surface area contributed by atoms with Crippen LogP contribution in [-0.4, -0.2) is 25.7 Å². The van der Waals surface area contributed by atoms with Gasteiger partial charge in [-0.15, -0.1) is 11.3 Å². The normalized spacial score (nSPS) is 11.1. The summed E-state index contributed by atoms with van der Waals surface area (Å²) in [6.07, 6.45) is 3.22. The Bertz CT molecular complexity index is 1020. The van der Waals surface area contributed by atoms with E-state index >= 15 is 0 Å². The van der Waals surface area contributed by atoms with Crippen molar-refractivity contribution in [3.05, 3.63) is 47.3 Å². The van der Waals surface area contributed by atoms with Crippen molar-refractivity contribution < 1.29 is 9.21 Å². The Balaban J connectivity index is 1.90. The number of carbonyl (C=O) groups is 1. The molecular formula is C16H13N5O2S. The second-order valence-corrected chi connectivity index (χ2v) is 6.13. The number of rotatable bonds is 3. The van der Waals surface area contributed by atoms with Crippen LogP contribution in [0.3, 0.4) is 0 Å². The second-order valence-electron chi connectivity index (χ2n) is 5.23. The van der Waals surface area contributed by atoms with Gasteiger partial charge < -0.3 is 4.42 Å². The van der Waals surface area contributed by atoms with Crippen LogP contribution < -0.4 is 5.32 Å². The summed E-state index contributed by atoms with van der Waals surface area (Å²) >= 11 is 1.36. The van der Waals surface area contributed by atoms with Crippen molar-refractivity contribution in [2.45, 2.75) is 6.92 Å². The van der Waals surface area contributed by atoms with Crippen molar-refractivity contribution in [2.24, 2.45) is 7.05 Å². The standard InChI is InChI=1S/C16H13N5O2S/c1-9-13-10(15(22)19-16-17-5-7-24-16)8-11(12-4-3-6-23-12)18-14(13)21(2)20-9/h3-8H,1-2H3,(H,17,19,22). The van der Waals surface area contributed by atoms with E-state index in [0.717, 1.165) is 11.1 Å². The third-order valence-corrected chi connectivity index (χ3v) is 4.33. The summed E-state index contributed by atoms with van der Waals surface area (Å²) < 4.78 is 7.09. The topological polar surface area (TPSA) is 85.8 Å². The molecule has 8 heteroatoms. The molecule has 0 saturated carbocycles. The Hall–Kier alpha value is -3.00. The highest BCUT2D eigenvalue weighted by molar-refractivity contribution is 7.13. The minimum Gasteiger partial charge on any atom is -0.463 e. The molecule has 4 aromatic rings. The lowest BCUT2D eigenvalue weighted by Crippen LogP contribution is -2.13. The molecule has 0 bridgehead atoms. The lowest BCUT2D eigenvalue weighted by atomic mass is 10.1. The number of aryl methyl sites for hydroxylation is 2. The minimum absolute atomic E-state index is 0.249. The lowest BCUT2D eigenvalue weighted by molar-refractivity contribution is 0.102. The number of fused-ring (bicyclic) bond motifs is 1. The Morgan fingerprint density at radius 1 is 1.42 bits per heavy atom. The van der Waals surface area contributed by atoms with E-state index in [1.54, 1.807) is 47.8 Å². The molecule has 0 aliphatic rings. The maximum absolute atomic E-state index is 12.8. The van der Waals surface area contributed by atoms with Crippen molar-refractivity contribution in [3.8, 4) is 11.5 Å². The van der Waals surface area contributed by atoms with Crippen molar-refractivity contribution in [2.75, 3.05) is 5.32 Å². The number of aromatic nitrogens is 4. The highest BCUT2D eigenvalue weighted by Gasteiger charge is 2.20. The maximum atomic E-state index is 12.8. The number of carbonyl (C=O) groups excluding carboxylic acids is 1. The van der Waals surface area contributed by atoms with E-state index in [0.29, 0.717) is 27.8 Å². The van der Waals surface area contributed by atoms with E-state index in [-0.39, 0.29) is 5.91 Å². The van der Waals surface area contributed by atoms with Gasteiger partial charge in [0.15, 0.2) is 16.5 Å². The van der Waals surface area contributed by atoms with Crippen LogP contribution in [0.4, 0.5) is 5.13 Å². The van der Waals surface area contributed by atoms with Crippen LogP contribution >= 0.6 is 11.3 Å². The van der Waals surface area contributed by atoms with E-state index in [2.05, 4.69) is 20.4 Å². The Labute approximate surface area is 141 Å². The summed E-state index contributed by atoms with van der Waals surface area (Å²) in [4.78, 5) is 21.5. The minimum atomic E-state index is -0.249. The van der Waals surface area contributed by atoms with Crippen LogP contribution in [0.25, 0.3) is 22.5 Å². The number of nitrogens with zero attached hydrogens (tertiary/aromatic N) is 4. The van der Waals surface area contributed by atoms with Gasteiger partial charge >= 0.3 is 0 Å². The fraction of sp³-hybridized carbons (Fsp3) is 0.125. The summed E-state index contributed by atoms with van der Waals surface area (Å²) in [5.41, 5.74) is 2.45. The molecule has 1 amide bonds. The van der Waals surface area contributed by atoms with E-state index in [4.69, 9.17) is 4.42 Å². The van der Waals surface area contributed by atoms with E-state index in [9.17, 15) is 4.79 Å². The number of furan rings is 1. The van der Waals surface area contributed by atoms with Gasteiger partial charge in [0.25, 0.3) is 5.91 Å². The lowest BCUT2D eigenvalue weighted by Gasteiger charge is -2.06. The smallest absolute Gasteiger partial charge is 0.258 e. The number of hydrogen-bond acceptors (Lipinski definition) is 6. The molecule has 1 N–H and O–H groups in total. The third kappa shape index (κ3) is 2.37. The van der Waals surface area contributed by atoms with Crippen LogP contribution in [0.2, 0.25) is 0 Å². The van der Waals surface area contributed by atoms with Crippen LogP contribution in [0.5, 0.6) is 0 Å². The average Bonchev–Trinajstić information content (AvgIpc) is 3.30. The molecule has 0 radical (unpaired) electrons. The first kappa shape index (κ1) is 14.6. The van der Waals surface area contributed by atoms with Crippen molar-refractivity contribution in [1.82, 2.24) is 19.7 Å². The summed E-state index contributed by atoms with van der Waals surface area (Å²) in [5.74, 6) is 0.348. The number of nitrogens with one attached hydrogen (secondary N) is 1.